The Bertz CT molecular complexity index is 819. The summed E-state index contributed by atoms with van der Waals surface area (Å²) in [6, 6.07) is 0. The highest BCUT2D eigenvalue weighted by atomic mass is 16.6. The average Bonchev–Trinajstić information content (AvgIpc) is 2.93. The normalized spacial score (nSPS) is 35.9. The van der Waals surface area contributed by atoms with Crippen molar-refractivity contribution >= 4 is 23.7 Å². The lowest BCUT2D eigenvalue weighted by atomic mass is 9.77. The molecule has 164 valence electrons. The maximum atomic E-state index is 12.8. The van der Waals surface area contributed by atoms with Gasteiger partial charge in [0.25, 0.3) is 0 Å². The molecule has 2 aliphatic rings. The molecule has 0 aromatic heterocycles. The van der Waals surface area contributed by atoms with Crippen molar-refractivity contribution in [3.05, 3.63) is 36.0 Å². The summed E-state index contributed by atoms with van der Waals surface area (Å²) in [6.07, 6.45) is 0.919. The number of carbonyl (C=O) groups excluding carboxylic acids is 4. The van der Waals surface area contributed by atoms with Gasteiger partial charge in [-0.2, -0.15) is 0 Å². The summed E-state index contributed by atoms with van der Waals surface area (Å²) in [5.74, 6) is -4.01. The van der Waals surface area contributed by atoms with Crippen LogP contribution in [0.5, 0.6) is 0 Å². The average molecular weight is 420 g/mol. The SMILES string of the molecule is C=C1C(=O)O[C@@H]2C[C@@H](C)/C=C\C(=O)[C@](C)(O)[C@H](OC(=O)/C(C)=C\C)[C@@H](OC(C)=O)[C@@H]12. The Morgan fingerprint density at radius 3 is 2.50 bits per heavy atom. The first-order valence-electron chi connectivity index (χ1n) is 9.76. The van der Waals surface area contributed by atoms with Crippen LogP contribution in [0.1, 0.15) is 41.0 Å². The first kappa shape index (κ1) is 23.5. The maximum absolute atomic E-state index is 12.8. The largest absolute Gasteiger partial charge is 0.458 e. The van der Waals surface area contributed by atoms with Crippen LogP contribution in [0.15, 0.2) is 36.0 Å². The molecule has 8 nitrogen and oxygen atoms in total. The molecule has 30 heavy (non-hydrogen) atoms. The predicted molar refractivity (Wildman–Crippen MR) is 106 cm³/mol. The molecule has 1 fully saturated rings. The van der Waals surface area contributed by atoms with E-state index in [0.29, 0.717) is 6.42 Å². The standard InChI is InChI=1S/C22H28O8/c1-7-12(3)20(25)30-19-18(28-14(5)23)17-13(4)21(26)29-15(17)10-11(2)8-9-16(24)22(19,6)27/h7-9,11,15,17-19,27H,4,10H2,1-3,5-6H3/b9-8-,12-7-/t11-,15+,17-,18-,19+,22-/m0/s1. The van der Waals surface area contributed by atoms with Gasteiger partial charge in [-0.05, 0) is 39.2 Å². The van der Waals surface area contributed by atoms with Gasteiger partial charge in [0.05, 0.1) is 5.92 Å². The number of rotatable bonds is 3. The molecule has 1 heterocycles. The van der Waals surface area contributed by atoms with E-state index in [0.717, 1.165) is 6.92 Å². The van der Waals surface area contributed by atoms with Crippen molar-refractivity contribution in [1.82, 2.24) is 0 Å². The Balaban J connectivity index is 2.67. The summed E-state index contributed by atoms with van der Waals surface area (Å²) in [5.41, 5.74) is -1.99. The summed E-state index contributed by atoms with van der Waals surface area (Å²) < 4.78 is 16.4. The highest BCUT2D eigenvalue weighted by Crippen LogP contribution is 2.40. The Morgan fingerprint density at radius 1 is 1.30 bits per heavy atom. The number of hydrogen-bond acceptors (Lipinski definition) is 8. The second kappa shape index (κ2) is 8.95. The summed E-state index contributed by atoms with van der Waals surface area (Å²) in [5, 5.41) is 11.1. The van der Waals surface area contributed by atoms with Crippen LogP contribution in [0.2, 0.25) is 0 Å². The van der Waals surface area contributed by atoms with Gasteiger partial charge in [-0.3, -0.25) is 9.59 Å². The third-order valence-corrected chi connectivity index (χ3v) is 5.50. The molecule has 1 N–H and O–H groups in total. The van der Waals surface area contributed by atoms with Crippen LogP contribution in [0.25, 0.3) is 0 Å². The minimum absolute atomic E-state index is 0.0232. The van der Waals surface area contributed by atoms with Crippen molar-refractivity contribution in [2.75, 3.05) is 0 Å². The molecule has 0 unspecified atom stereocenters. The molecule has 1 aliphatic heterocycles. The first-order valence-corrected chi connectivity index (χ1v) is 9.76. The summed E-state index contributed by atoms with van der Waals surface area (Å²) in [4.78, 5) is 49.5. The zero-order valence-corrected chi connectivity index (χ0v) is 17.8. The lowest BCUT2D eigenvalue weighted by Crippen LogP contribution is -2.58. The number of ketones is 1. The quantitative estimate of drug-likeness (QED) is 0.417. The Hall–Kier alpha value is -2.74. The second-order valence-electron chi connectivity index (χ2n) is 7.95. The summed E-state index contributed by atoms with van der Waals surface area (Å²) in [6.45, 7) is 11.0. The minimum atomic E-state index is -2.24. The van der Waals surface area contributed by atoms with Gasteiger partial charge in [0.1, 0.15) is 6.10 Å². The molecular formula is C22H28O8. The molecule has 0 spiro atoms. The van der Waals surface area contributed by atoms with Crippen molar-refractivity contribution in [1.29, 1.82) is 0 Å². The van der Waals surface area contributed by atoms with Crippen LogP contribution in [-0.2, 0) is 33.4 Å². The number of aliphatic hydroxyl groups is 1. The van der Waals surface area contributed by atoms with Gasteiger partial charge < -0.3 is 19.3 Å². The number of esters is 3. The van der Waals surface area contributed by atoms with Gasteiger partial charge in [0, 0.05) is 18.1 Å². The van der Waals surface area contributed by atoms with Crippen LogP contribution in [-0.4, -0.2) is 52.7 Å². The molecule has 0 radical (unpaired) electrons. The first-order chi connectivity index (χ1) is 13.9. The molecule has 0 aromatic carbocycles. The van der Waals surface area contributed by atoms with Gasteiger partial charge >= 0.3 is 17.9 Å². The number of fused-ring (bicyclic) bond motifs is 1. The number of ether oxygens (including phenoxy) is 3. The highest BCUT2D eigenvalue weighted by Gasteiger charge is 2.55. The Kier molecular flexibility index (Phi) is 7.02. The van der Waals surface area contributed by atoms with E-state index in [1.807, 2.05) is 6.92 Å². The fourth-order valence-corrected chi connectivity index (χ4v) is 3.60. The zero-order chi connectivity index (χ0) is 22.8. The van der Waals surface area contributed by atoms with Crippen molar-refractivity contribution < 1.29 is 38.5 Å². The molecular weight excluding hydrogens is 392 g/mol. The van der Waals surface area contributed by atoms with E-state index >= 15 is 0 Å². The highest BCUT2D eigenvalue weighted by molar-refractivity contribution is 5.98. The van der Waals surface area contributed by atoms with Crippen LogP contribution in [0.3, 0.4) is 0 Å². The van der Waals surface area contributed by atoms with E-state index in [2.05, 4.69) is 6.58 Å². The summed E-state index contributed by atoms with van der Waals surface area (Å²) in [7, 11) is 0. The van der Waals surface area contributed by atoms with Crippen LogP contribution in [0, 0.1) is 11.8 Å². The van der Waals surface area contributed by atoms with Gasteiger partial charge in [-0.25, -0.2) is 9.59 Å². The molecule has 1 aliphatic carbocycles. The molecule has 8 heteroatoms. The topological polar surface area (TPSA) is 116 Å². The maximum Gasteiger partial charge on any atom is 0.334 e. The minimum Gasteiger partial charge on any atom is -0.458 e. The molecule has 0 amide bonds. The predicted octanol–water partition coefficient (Wildman–Crippen LogP) is 1.81. The van der Waals surface area contributed by atoms with Gasteiger partial charge in [0.2, 0.25) is 0 Å². The molecule has 0 aromatic rings. The number of allylic oxidation sites excluding steroid dienone is 2. The summed E-state index contributed by atoms with van der Waals surface area (Å²) >= 11 is 0. The molecule has 0 saturated carbocycles. The van der Waals surface area contributed by atoms with Gasteiger partial charge in [0.15, 0.2) is 23.6 Å². The van der Waals surface area contributed by atoms with Crippen molar-refractivity contribution in [2.45, 2.75) is 65.0 Å². The fourth-order valence-electron chi connectivity index (χ4n) is 3.60. The van der Waals surface area contributed by atoms with Gasteiger partial charge in [-0.15, -0.1) is 0 Å². The van der Waals surface area contributed by atoms with Crippen LogP contribution in [0.4, 0.5) is 0 Å². The molecule has 1 saturated heterocycles. The zero-order valence-electron chi connectivity index (χ0n) is 17.8. The monoisotopic (exact) mass is 420 g/mol. The Labute approximate surface area is 175 Å². The lowest BCUT2D eigenvalue weighted by molar-refractivity contribution is -0.194. The second-order valence-corrected chi connectivity index (χ2v) is 7.95. The van der Waals surface area contributed by atoms with E-state index in [9.17, 15) is 24.3 Å². The van der Waals surface area contributed by atoms with E-state index in [-0.39, 0.29) is 17.1 Å². The van der Waals surface area contributed by atoms with E-state index in [1.54, 1.807) is 13.0 Å². The van der Waals surface area contributed by atoms with E-state index in [4.69, 9.17) is 14.2 Å². The van der Waals surface area contributed by atoms with Crippen molar-refractivity contribution in [2.24, 2.45) is 11.8 Å². The fraction of sp³-hybridized carbons (Fsp3) is 0.545. The molecule has 2 rings (SSSR count). The molecule has 6 atom stereocenters. The number of hydrogen-bond donors (Lipinski definition) is 1. The van der Waals surface area contributed by atoms with Crippen molar-refractivity contribution in [3.8, 4) is 0 Å². The van der Waals surface area contributed by atoms with Gasteiger partial charge in [-0.1, -0.05) is 25.7 Å². The Morgan fingerprint density at radius 2 is 1.93 bits per heavy atom. The van der Waals surface area contributed by atoms with Crippen LogP contribution < -0.4 is 0 Å². The number of carbonyl (C=O) groups is 4. The van der Waals surface area contributed by atoms with E-state index < -0.39 is 53.5 Å². The van der Waals surface area contributed by atoms with Crippen molar-refractivity contribution in [3.63, 3.8) is 0 Å². The smallest absolute Gasteiger partial charge is 0.334 e. The van der Waals surface area contributed by atoms with Crippen LogP contribution >= 0.6 is 0 Å². The third kappa shape index (κ3) is 4.70. The molecule has 0 bridgehead atoms. The third-order valence-electron chi connectivity index (χ3n) is 5.50. The van der Waals surface area contributed by atoms with E-state index in [1.165, 1.54) is 26.0 Å². The lowest BCUT2D eigenvalue weighted by Gasteiger charge is -2.39.